The summed E-state index contributed by atoms with van der Waals surface area (Å²) in [5, 5.41) is 42.8. The molecule has 0 bridgehead atoms. The van der Waals surface area contributed by atoms with Gasteiger partial charge in [0, 0.05) is 17.4 Å². The highest BCUT2D eigenvalue weighted by Crippen LogP contribution is 2.75. The van der Waals surface area contributed by atoms with Gasteiger partial charge in [-0.05, 0) is 97.2 Å². The topological polar surface area (TPSA) is 80.9 Å². The smallest absolute Gasteiger partial charge is 0.0622 e. The molecule has 4 nitrogen and oxygen atoms in total. The number of allylic oxidation sites excluding steroid dienone is 2. The lowest BCUT2D eigenvalue weighted by Gasteiger charge is -2.71. The Kier molecular flexibility index (Phi) is 5.61. The lowest BCUT2D eigenvalue weighted by molar-refractivity contribution is -0.209. The van der Waals surface area contributed by atoms with Gasteiger partial charge in [-0.2, -0.15) is 0 Å². The molecule has 5 rings (SSSR count). The first-order valence-corrected chi connectivity index (χ1v) is 14.0. The fourth-order valence-corrected chi connectivity index (χ4v) is 10.7. The molecule has 0 unspecified atom stereocenters. The van der Waals surface area contributed by atoms with Crippen LogP contribution in [-0.2, 0) is 0 Å². The average molecular weight is 475 g/mol. The maximum absolute atomic E-state index is 11.0. The Bertz CT molecular complexity index is 866. The Morgan fingerprint density at radius 3 is 2.15 bits per heavy atom. The molecule has 5 aliphatic rings. The zero-order valence-electron chi connectivity index (χ0n) is 22.5. The molecule has 0 amide bonds. The summed E-state index contributed by atoms with van der Waals surface area (Å²) in [5.74, 6) is 1.37. The van der Waals surface area contributed by atoms with E-state index in [1.807, 2.05) is 6.92 Å². The van der Waals surface area contributed by atoms with Crippen molar-refractivity contribution in [1.29, 1.82) is 0 Å². The summed E-state index contributed by atoms with van der Waals surface area (Å²) in [6.07, 6.45) is 10.6. The van der Waals surface area contributed by atoms with Crippen molar-refractivity contribution in [2.45, 2.75) is 112 Å². The molecular formula is C30H50O4. The van der Waals surface area contributed by atoms with Crippen molar-refractivity contribution in [1.82, 2.24) is 0 Å². The molecular weight excluding hydrogens is 424 g/mol. The van der Waals surface area contributed by atoms with Gasteiger partial charge in [0.25, 0.3) is 0 Å². The molecule has 0 heterocycles. The van der Waals surface area contributed by atoms with Crippen molar-refractivity contribution in [2.24, 2.45) is 50.2 Å². The first-order valence-electron chi connectivity index (χ1n) is 14.0. The molecule has 4 N–H and O–H groups in total. The summed E-state index contributed by atoms with van der Waals surface area (Å²) in [4.78, 5) is 0. The zero-order valence-corrected chi connectivity index (χ0v) is 22.5. The Labute approximate surface area is 207 Å². The molecule has 4 saturated carbocycles. The first-order chi connectivity index (χ1) is 15.7. The highest BCUT2D eigenvalue weighted by Gasteiger charge is 2.68. The second kappa shape index (κ2) is 7.55. The van der Waals surface area contributed by atoms with E-state index in [1.54, 1.807) is 0 Å². The summed E-state index contributed by atoms with van der Waals surface area (Å²) in [5.41, 5.74) is 1.21. The molecule has 0 aliphatic heterocycles. The molecule has 34 heavy (non-hydrogen) atoms. The van der Waals surface area contributed by atoms with Crippen molar-refractivity contribution >= 4 is 0 Å². The minimum Gasteiger partial charge on any atom is -0.396 e. The van der Waals surface area contributed by atoms with Crippen molar-refractivity contribution in [2.75, 3.05) is 13.2 Å². The second-order valence-electron chi connectivity index (χ2n) is 15.0. The average Bonchev–Trinajstić information content (AvgIpc) is 2.78. The summed E-state index contributed by atoms with van der Waals surface area (Å²) < 4.78 is 0. The highest BCUT2D eigenvalue weighted by atomic mass is 16.3. The Morgan fingerprint density at radius 1 is 0.794 bits per heavy atom. The van der Waals surface area contributed by atoms with Gasteiger partial charge in [0.2, 0.25) is 0 Å². The van der Waals surface area contributed by atoms with Gasteiger partial charge in [-0.25, -0.2) is 0 Å². The largest absolute Gasteiger partial charge is 0.396 e. The van der Waals surface area contributed by atoms with E-state index in [2.05, 4.69) is 40.7 Å². The SMILES string of the molecule is CC1(C)[C@H]2CC[C@]3(C)[C@H](CC=C4[C@@H]5C[C@@](C)(CO)[C@@H](O)C[C@]5(CO)CC[C@]43C)[C@@]2(C)CC[C@@H]1O. The third-order valence-electron chi connectivity index (χ3n) is 13.5. The van der Waals surface area contributed by atoms with Crippen LogP contribution in [0.2, 0.25) is 0 Å². The van der Waals surface area contributed by atoms with Crippen LogP contribution in [0.5, 0.6) is 0 Å². The van der Waals surface area contributed by atoms with Crippen molar-refractivity contribution in [3.05, 3.63) is 11.6 Å². The van der Waals surface area contributed by atoms with Gasteiger partial charge < -0.3 is 20.4 Å². The number of fused-ring (bicyclic) bond motifs is 7. The second-order valence-corrected chi connectivity index (χ2v) is 15.0. The number of aliphatic hydroxyl groups excluding tert-OH is 4. The summed E-state index contributed by atoms with van der Waals surface area (Å²) in [6.45, 7) is 14.4. The first kappa shape index (κ1) is 25.2. The maximum Gasteiger partial charge on any atom is 0.0622 e. The van der Waals surface area contributed by atoms with Crippen LogP contribution in [0.25, 0.3) is 0 Å². The van der Waals surface area contributed by atoms with Gasteiger partial charge in [-0.3, -0.25) is 0 Å². The predicted octanol–water partition coefficient (Wildman–Crippen LogP) is 5.08. The standard InChI is InChI=1S/C30H50O4/c1-25(2)21-9-12-29(6)22(27(21,4)11-10-23(25)33)8-7-19-20-15-26(3,17-31)24(34)16-30(20,18-32)14-13-28(19,29)5/h7,20-24,31-34H,8-18H2,1-6H3/t20-,21+,22+,23-,24-,26-,27-,28+,29+,30-/m0/s1. The lowest BCUT2D eigenvalue weighted by atomic mass is 9.33. The molecule has 0 aromatic rings. The van der Waals surface area contributed by atoms with E-state index < -0.39 is 11.5 Å². The van der Waals surface area contributed by atoms with Gasteiger partial charge in [-0.15, -0.1) is 0 Å². The summed E-state index contributed by atoms with van der Waals surface area (Å²) in [6, 6.07) is 0. The number of hydrogen-bond acceptors (Lipinski definition) is 4. The maximum atomic E-state index is 11.0. The van der Waals surface area contributed by atoms with Gasteiger partial charge in [0.05, 0.1) is 18.8 Å². The van der Waals surface area contributed by atoms with Gasteiger partial charge >= 0.3 is 0 Å². The van der Waals surface area contributed by atoms with Crippen LogP contribution in [0, 0.1) is 50.2 Å². The monoisotopic (exact) mass is 474 g/mol. The van der Waals surface area contributed by atoms with Gasteiger partial charge in [0.15, 0.2) is 0 Å². The predicted molar refractivity (Wildman–Crippen MR) is 135 cm³/mol. The molecule has 0 saturated heterocycles. The normalized spacial score (nSPS) is 56.4. The highest BCUT2D eigenvalue weighted by molar-refractivity contribution is 5.34. The van der Waals surface area contributed by atoms with Crippen molar-refractivity contribution in [3.63, 3.8) is 0 Å². The molecule has 0 aromatic heterocycles. The molecule has 10 atom stereocenters. The van der Waals surface area contributed by atoms with E-state index in [9.17, 15) is 20.4 Å². The van der Waals surface area contributed by atoms with Crippen LogP contribution >= 0.6 is 0 Å². The lowest BCUT2D eigenvalue weighted by Crippen LogP contribution is -2.65. The van der Waals surface area contributed by atoms with Crippen molar-refractivity contribution < 1.29 is 20.4 Å². The third kappa shape index (κ3) is 2.92. The summed E-state index contributed by atoms with van der Waals surface area (Å²) >= 11 is 0. The van der Waals surface area contributed by atoms with E-state index in [0.29, 0.717) is 18.3 Å². The number of aliphatic hydroxyl groups is 4. The number of rotatable bonds is 2. The molecule has 194 valence electrons. The van der Waals surface area contributed by atoms with Crippen LogP contribution in [-0.4, -0.2) is 45.8 Å². The van der Waals surface area contributed by atoms with Crippen LogP contribution < -0.4 is 0 Å². The van der Waals surface area contributed by atoms with E-state index in [-0.39, 0.29) is 52.3 Å². The molecule has 0 radical (unpaired) electrons. The van der Waals surface area contributed by atoms with Crippen LogP contribution in [0.1, 0.15) is 99.3 Å². The minimum atomic E-state index is -0.567. The van der Waals surface area contributed by atoms with Crippen LogP contribution in [0.15, 0.2) is 11.6 Å². The van der Waals surface area contributed by atoms with Gasteiger partial charge in [0.1, 0.15) is 0 Å². The molecule has 5 aliphatic carbocycles. The van der Waals surface area contributed by atoms with E-state index in [4.69, 9.17) is 0 Å². The Morgan fingerprint density at radius 2 is 1.50 bits per heavy atom. The van der Waals surface area contributed by atoms with Gasteiger partial charge in [-0.1, -0.05) is 53.2 Å². The molecule has 0 aromatic carbocycles. The molecule has 4 heteroatoms. The van der Waals surface area contributed by atoms with E-state index in [1.165, 1.54) is 18.4 Å². The third-order valence-corrected chi connectivity index (χ3v) is 13.5. The quantitative estimate of drug-likeness (QED) is 0.421. The van der Waals surface area contributed by atoms with Crippen LogP contribution in [0.4, 0.5) is 0 Å². The van der Waals surface area contributed by atoms with Crippen LogP contribution in [0.3, 0.4) is 0 Å². The molecule has 4 fully saturated rings. The van der Waals surface area contributed by atoms with E-state index in [0.717, 1.165) is 38.5 Å². The Hall–Kier alpha value is -0.420. The minimum absolute atomic E-state index is 0.00672. The fourth-order valence-electron chi connectivity index (χ4n) is 10.7. The van der Waals surface area contributed by atoms with E-state index >= 15 is 0 Å². The Balaban J connectivity index is 1.58. The molecule has 0 spiro atoms. The van der Waals surface area contributed by atoms with Crippen molar-refractivity contribution in [3.8, 4) is 0 Å². The fraction of sp³-hybridized carbons (Fsp3) is 0.933. The zero-order chi connectivity index (χ0) is 24.9. The number of hydrogen-bond donors (Lipinski definition) is 4. The summed E-state index contributed by atoms with van der Waals surface area (Å²) in [7, 11) is 0.